The summed E-state index contributed by atoms with van der Waals surface area (Å²) in [6, 6.07) is 0. The van der Waals surface area contributed by atoms with Crippen LogP contribution in [0.15, 0.2) is 0 Å². The summed E-state index contributed by atoms with van der Waals surface area (Å²) in [6.07, 6.45) is 44.9. The molecular weight excluding hydrogens is 488 g/mol. The summed E-state index contributed by atoms with van der Waals surface area (Å²) in [5, 5.41) is 17.5. The molecule has 0 saturated carbocycles. The molecule has 0 aliphatic rings. The zero-order valence-corrected chi connectivity index (χ0v) is 28.5. The Bertz CT molecular complexity index is 365. The standard InChI is InChI=1S/C30H62O.C8H18O/c1-2-3-4-5-6-7-8-9-10-11-12-13-14-15-16-17-18-19-20-21-22-23-24-25-26-27-28-29-30-31;1-3-5-6-8(4-2)7-9/h31H,2-30H2,1H3;8-9H,3-7H2,1-2H3. The van der Waals surface area contributed by atoms with Crippen LogP contribution in [0.25, 0.3) is 0 Å². The number of hydrogen-bond acceptors (Lipinski definition) is 2. The Balaban J connectivity index is 0. The van der Waals surface area contributed by atoms with Crippen LogP contribution in [-0.4, -0.2) is 23.4 Å². The van der Waals surface area contributed by atoms with Crippen LogP contribution in [0, 0.1) is 5.92 Å². The van der Waals surface area contributed by atoms with Crippen LogP contribution in [-0.2, 0) is 0 Å². The molecule has 2 nitrogen and oxygen atoms in total. The van der Waals surface area contributed by atoms with Gasteiger partial charge in [0.05, 0.1) is 0 Å². The number of aliphatic hydroxyl groups is 2. The van der Waals surface area contributed by atoms with E-state index in [4.69, 9.17) is 10.2 Å². The molecule has 0 heterocycles. The summed E-state index contributed by atoms with van der Waals surface area (Å²) in [4.78, 5) is 0. The monoisotopic (exact) mass is 569 g/mol. The molecule has 0 aromatic carbocycles. The predicted molar refractivity (Wildman–Crippen MR) is 182 cm³/mol. The molecule has 0 aromatic heterocycles. The van der Waals surface area contributed by atoms with Crippen molar-refractivity contribution in [3.63, 3.8) is 0 Å². The van der Waals surface area contributed by atoms with E-state index in [0.29, 0.717) is 19.1 Å². The average molecular weight is 569 g/mol. The highest BCUT2D eigenvalue weighted by atomic mass is 16.3. The Morgan fingerprint density at radius 2 is 0.575 bits per heavy atom. The van der Waals surface area contributed by atoms with Crippen molar-refractivity contribution in [2.24, 2.45) is 5.92 Å². The lowest BCUT2D eigenvalue weighted by Gasteiger charge is -2.08. The van der Waals surface area contributed by atoms with Gasteiger partial charge >= 0.3 is 0 Å². The van der Waals surface area contributed by atoms with Crippen LogP contribution in [0.4, 0.5) is 0 Å². The molecule has 0 fully saturated rings. The van der Waals surface area contributed by atoms with Crippen molar-refractivity contribution in [1.29, 1.82) is 0 Å². The van der Waals surface area contributed by atoms with Crippen molar-refractivity contribution in [3.05, 3.63) is 0 Å². The van der Waals surface area contributed by atoms with Gasteiger partial charge in [0.2, 0.25) is 0 Å². The summed E-state index contributed by atoms with van der Waals surface area (Å²) < 4.78 is 0. The number of rotatable bonds is 33. The smallest absolute Gasteiger partial charge is 0.0459 e. The molecule has 40 heavy (non-hydrogen) atoms. The Kier molecular flexibility index (Phi) is 43.2. The number of hydrogen-bond donors (Lipinski definition) is 2. The van der Waals surface area contributed by atoms with E-state index in [0.717, 1.165) is 12.8 Å². The van der Waals surface area contributed by atoms with Gasteiger partial charge in [0.15, 0.2) is 0 Å². The van der Waals surface area contributed by atoms with Gasteiger partial charge in [-0.3, -0.25) is 0 Å². The molecular formula is C38H80O2. The molecule has 0 rings (SSSR count). The third-order valence-corrected chi connectivity index (χ3v) is 8.81. The molecule has 0 aliphatic heterocycles. The Labute approximate surface area is 255 Å². The third kappa shape index (κ3) is 40.1. The number of unbranched alkanes of at least 4 members (excludes halogenated alkanes) is 28. The maximum absolute atomic E-state index is 8.76. The van der Waals surface area contributed by atoms with Crippen molar-refractivity contribution in [2.45, 2.75) is 226 Å². The van der Waals surface area contributed by atoms with Gasteiger partial charge in [0.1, 0.15) is 0 Å². The molecule has 0 bridgehead atoms. The SMILES string of the molecule is CCCCC(CC)CO.CCCCCCCCCCCCCCCCCCCCCCCCCCCCCCO. The van der Waals surface area contributed by atoms with Crippen LogP contribution in [0.1, 0.15) is 226 Å². The largest absolute Gasteiger partial charge is 0.396 e. The molecule has 0 spiro atoms. The fourth-order valence-corrected chi connectivity index (χ4v) is 5.70. The molecule has 0 radical (unpaired) electrons. The quantitative estimate of drug-likeness (QED) is 0.0773. The Morgan fingerprint density at radius 1 is 0.325 bits per heavy atom. The lowest BCUT2D eigenvalue weighted by molar-refractivity contribution is 0.212. The van der Waals surface area contributed by atoms with E-state index in [1.165, 1.54) is 193 Å². The summed E-state index contributed by atoms with van der Waals surface area (Å²) in [6.45, 7) is 7.37. The first-order valence-corrected chi connectivity index (χ1v) is 19.0. The lowest BCUT2D eigenvalue weighted by Crippen LogP contribution is -2.03. The zero-order chi connectivity index (χ0) is 29.6. The number of aliphatic hydroxyl groups excluding tert-OH is 2. The molecule has 0 saturated heterocycles. The molecule has 2 heteroatoms. The molecule has 1 atom stereocenters. The highest BCUT2D eigenvalue weighted by Gasteiger charge is 2.01. The highest BCUT2D eigenvalue weighted by Crippen LogP contribution is 2.16. The summed E-state index contributed by atoms with van der Waals surface area (Å²) >= 11 is 0. The van der Waals surface area contributed by atoms with E-state index in [1.54, 1.807) is 0 Å². The molecule has 2 N–H and O–H groups in total. The van der Waals surface area contributed by atoms with Gasteiger partial charge in [-0.2, -0.15) is 0 Å². The summed E-state index contributed by atoms with van der Waals surface area (Å²) in [5.41, 5.74) is 0. The first-order valence-electron chi connectivity index (χ1n) is 19.0. The van der Waals surface area contributed by atoms with E-state index in [9.17, 15) is 0 Å². The van der Waals surface area contributed by atoms with E-state index in [2.05, 4.69) is 20.8 Å². The topological polar surface area (TPSA) is 40.5 Å². The molecule has 0 amide bonds. The molecule has 0 aromatic rings. The summed E-state index contributed by atoms with van der Waals surface area (Å²) in [5.74, 6) is 0.560. The molecule has 0 aliphatic carbocycles. The minimum absolute atomic E-state index is 0.372. The fraction of sp³-hybridized carbons (Fsp3) is 1.00. The van der Waals surface area contributed by atoms with E-state index in [1.807, 2.05) is 0 Å². The maximum Gasteiger partial charge on any atom is 0.0459 e. The van der Waals surface area contributed by atoms with Gasteiger partial charge < -0.3 is 10.2 Å². The highest BCUT2D eigenvalue weighted by molar-refractivity contribution is 4.54. The van der Waals surface area contributed by atoms with Crippen LogP contribution >= 0.6 is 0 Å². The predicted octanol–water partition coefficient (Wildman–Crippen LogP) is 13.1. The molecule has 1 unspecified atom stereocenters. The lowest BCUT2D eigenvalue weighted by atomic mass is 10.0. The Morgan fingerprint density at radius 3 is 0.775 bits per heavy atom. The van der Waals surface area contributed by atoms with Gasteiger partial charge in [-0.25, -0.2) is 0 Å². The van der Waals surface area contributed by atoms with Crippen LogP contribution in [0.2, 0.25) is 0 Å². The second kappa shape index (κ2) is 41.1. The van der Waals surface area contributed by atoms with Gasteiger partial charge in [0, 0.05) is 13.2 Å². The molecule has 244 valence electrons. The Hall–Kier alpha value is -0.0800. The minimum Gasteiger partial charge on any atom is -0.396 e. The van der Waals surface area contributed by atoms with Crippen LogP contribution < -0.4 is 0 Å². The van der Waals surface area contributed by atoms with E-state index >= 15 is 0 Å². The second-order valence-electron chi connectivity index (χ2n) is 12.9. The van der Waals surface area contributed by atoms with Crippen molar-refractivity contribution in [2.75, 3.05) is 13.2 Å². The van der Waals surface area contributed by atoms with Crippen LogP contribution in [0.3, 0.4) is 0 Å². The van der Waals surface area contributed by atoms with Gasteiger partial charge in [-0.15, -0.1) is 0 Å². The van der Waals surface area contributed by atoms with Gasteiger partial charge in [-0.1, -0.05) is 213 Å². The van der Waals surface area contributed by atoms with Crippen molar-refractivity contribution >= 4 is 0 Å². The van der Waals surface area contributed by atoms with Crippen molar-refractivity contribution in [3.8, 4) is 0 Å². The second-order valence-corrected chi connectivity index (χ2v) is 12.9. The first-order chi connectivity index (χ1) is 19.8. The van der Waals surface area contributed by atoms with Crippen LogP contribution in [0.5, 0.6) is 0 Å². The summed E-state index contributed by atoms with van der Waals surface area (Å²) in [7, 11) is 0. The van der Waals surface area contributed by atoms with Gasteiger partial charge in [-0.05, 0) is 18.8 Å². The average Bonchev–Trinajstić information content (AvgIpc) is 2.97. The minimum atomic E-state index is 0.372. The fourth-order valence-electron chi connectivity index (χ4n) is 5.70. The normalized spacial score (nSPS) is 11.9. The third-order valence-electron chi connectivity index (χ3n) is 8.81. The van der Waals surface area contributed by atoms with Crippen molar-refractivity contribution < 1.29 is 10.2 Å². The maximum atomic E-state index is 8.76. The first kappa shape index (κ1) is 42.1. The van der Waals surface area contributed by atoms with Crippen molar-refractivity contribution in [1.82, 2.24) is 0 Å². The van der Waals surface area contributed by atoms with Gasteiger partial charge in [0.25, 0.3) is 0 Å². The zero-order valence-electron chi connectivity index (χ0n) is 28.5. The van der Waals surface area contributed by atoms with E-state index < -0.39 is 0 Å². The van der Waals surface area contributed by atoms with E-state index in [-0.39, 0.29) is 0 Å².